The molecular formula is C11H19N3O3. The summed E-state index contributed by atoms with van der Waals surface area (Å²) in [5, 5.41) is 11.9. The van der Waals surface area contributed by atoms with E-state index in [1.54, 1.807) is 7.05 Å². The number of hydrogen-bond acceptors (Lipinski definition) is 4. The molecule has 0 fully saturated rings. The fraction of sp³-hybridized carbons (Fsp3) is 0.636. The van der Waals surface area contributed by atoms with Crippen LogP contribution in [0.25, 0.3) is 0 Å². The summed E-state index contributed by atoms with van der Waals surface area (Å²) in [6.07, 6.45) is 0.638. The molecule has 0 aromatic carbocycles. The zero-order valence-electron chi connectivity index (χ0n) is 10.4. The number of aromatic nitrogens is 2. The maximum atomic E-state index is 11.6. The van der Waals surface area contributed by atoms with E-state index in [4.69, 9.17) is 5.11 Å². The Morgan fingerprint density at radius 2 is 2.00 bits per heavy atom. The molecule has 0 bridgehead atoms. The highest BCUT2D eigenvalue weighted by molar-refractivity contribution is 5.02. The van der Waals surface area contributed by atoms with Crippen LogP contribution in [0.3, 0.4) is 0 Å². The van der Waals surface area contributed by atoms with Crippen molar-refractivity contribution in [2.24, 2.45) is 14.1 Å². The molecule has 2 N–H and O–H groups in total. The maximum Gasteiger partial charge on any atom is 0.330 e. The fourth-order valence-corrected chi connectivity index (χ4v) is 1.52. The summed E-state index contributed by atoms with van der Waals surface area (Å²) in [7, 11) is 3.09. The van der Waals surface area contributed by atoms with E-state index in [0.717, 1.165) is 4.57 Å². The van der Waals surface area contributed by atoms with Crippen molar-refractivity contribution in [2.75, 3.05) is 6.61 Å². The van der Waals surface area contributed by atoms with E-state index in [-0.39, 0.29) is 23.9 Å². The summed E-state index contributed by atoms with van der Waals surface area (Å²) in [6, 6.07) is 1.58. The Morgan fingerprint density at radius 1 is 1.35 bits per heavy atom. The molecule has 0 saturated carbocycles. The van der Waals surface area contributed by atoms with Crippen LogP contribution in [0.15, 0.2) is 15.7 Å². The van der Waals surface area contributed by atoms with Crippen LogP contribution in [0.5, 0.6) is 0 Å². The minimum atomic E-state index is -0.330. The quantitative estimate of drug-likeness (QED) is 0.689. The van der Waals surface area contributed by atoms with Crippen molar-refractivity contribution in [3.63, 3.8) is 0 Å². The number of rotatable bonds is 5. The van der Waals surface area contributed by atoms with Crippen LogP contribution in [0.4, 0.5) is 0 Å². The minimum absolute atomic E-state index is 0.115. The van der Waals surface area contributed by atoms with E-state index in [0.29, 0.717) is 18.7 Å². The SMILES string of the molecule is CC(CCO)NCc1cc(=O)n(C)c(=O)n1C. The van der Waals surface area contributed by atoms with Crippen molar-refractivity contribution in [1.82, 2.24) is 14.5 Å². The van der Waals surface area contributed by atoms with Crippen molar-refractivity contribution < 1.29 is 5.11 Å². The van der Waals surface area contributed by atoms with Crippen molar-refractivity contribution in [2.45, 2.75) is 25.9 Å². The van der Waals surface area contributed by atoms with Gasteiger partial charge in [-0.1, -0.05) is 0 Å². The van der Waals surface area contributed by atoms with E-state index in [1.165, 1.54) is 17.7 Å². The largest absolute Gasteiger partial charge is 0.396 e. The number of aliphatic hydroxyl groups excluding tert-OH is 1. The third-order valence-electron chi connectivity index (χ3n) is 2.82. The van der Waals surface area contributed by atoms with Crippen LogP contribution in [0.2, 0.25) is 0 Å². The lowest BCUT2D eigenvalue weighted by molar-refractivity contribution is 0.268. The van der Waals surface area contributed by atoms with Crippen molar-refractivity contribution >= 4 is 0 Å². The molecule has 1 atom stereocenters. The van der Waals surface area contributed by atoms with Gasteiger partial charge in [0.25, 0.3) is 5.56 Å². The summed E-state index contributed by atoms with van der Waals surface area (Å²) in [6.45, 7) is 2.49. The Kier molecular flexibility index (Phi) is 4.65. The molecule has 0 aliphatic carbocycles. The molecule has 0 aliphatic heterocycles. The monoisotopic (exact) mass is 241 g/mol. The predicted molar refractivity (Wildman–Crippen MR) is 64.9 cm³/mol. The molecule has 96 valence electrons. The van der Waals surface area contributed by atoms with Crippen molar-refractivity contribution in [3.8, 4) is 0 Å². The first-order valence-corrected chi connectivity index (χ1v) is 5.57. The summed E-state index contributed by atoms with van der Waals surface area (Å²) in [5.41, 5.74) is 0.00622. The van der Waals surface area contributed by atoms with E-state index in [9.17, 15) is 9.59 Å². The second kappa shape index (κ2) is 5.79. The van der Waals surface area contributed by atoms with Crippen LogP contribution in [0, 0.1) is 0 Å². The van der Waals surface area contributed by atoms with Gasteiger partial charge in [0.1, 0.15) is 0 Å². The lowest BCUT2D eigenvalue weighted by atomic mass is 10.2. The fourth-order valence-electron chi connectivity index (χ4n) is 1.52. The molecule has 1 unspecified atom stereocenters. The molecular weight excluding hydrogens is 222 g/mol. The summed E-state index contributed by atoms with van der Waals surface area (Å²) in [5.74, 6) is 0. The van der Waals surface area contributed by atoms with E-state index >= 15 is 0 Å². The van der Waals surface area contributed by atoms with Crippen LogP contribution in [-0.4, -0.2) is 26.9 Å². The minimum Gasteiger partial charge on any atom is -0.396 e. The third kappa shape index (κ3) is 3.28. The van der Waals surface area contributed by atoms with Crippen LogP contribution < -0.4 is 16.6 Å². The average molecular weight is 241 g/mol. The molecule has 6 heteroatoms. The molecule has 1 aromatic rings. The Hall–Kier alpha value is -1.40. The van der Waals surface area contributed by atoms with Crippen LogP contribution in [-0.2, 0) is 20.6 Å². The number of nitrogens with one attached hydrogen (secondary N) is 1. The lowest BCUT2D eigenvalue weighted by Crippen LogP contribution is -2.39. The van der Waals surface area contributed by atoms with Crippen LogP contribution in [0.1, 0.15) is 19.0 Å². The normalized spacial score (nSPS) is 12.7. The molecule has 0 saturated heterocycles. The summed E-state index contributed by atoms with van der Waals surface area (Å²) >= 11 is 0. The van der Waals surface area contributed by atoms with Gasteiger partial charge in [-0.2, -0.15) is 0 Å². The highest BCUT2D eigenvalue weighted by atomic mass is 16.3. The van der Waals surface area contributed by atoms with Gasteiger partial charge in [-0.25, -0.2) is 4.79 Å². The van der Waals surface area contributed by atoms with Crippen molar-refractivity contribution in [1.29, 1.82) is 0 Å². The number of nitrogens with zero attached hydrogens (tertiary/aromatic N) is 2. The molecule has 1 rings (SSSR count). The second-order valence-electron chi connectivity index (χ2n) is 4.17. The smallest absolute Gasteiger partial charge is 0.330 e. The van der Waals surface area contributed by atoms with E-state index in [2.05, 4.69) is 5.32 Å². The molecule has 0 amide bonds. The lowest BCUT2D eigenvalue weighted by Gasteiger charge is -2.14. The van der Waals surface area contributed by atoms with Crippen molar-refractivity contribution in [3.05, 3.63) is 32.6 Å². The zero-order chi connectivity index (χ0) is 13.0. The second-order valence-corrected chi connectivity index (χ2v) is 4.17. The van der Waals surface area contributed by atoms with Gasteiger partial charge in [0, 0.05) is 45.0 Å². The average Bonchev–Trinajstić information content (AvgIpc) is 2.30. The van der Waals surface area contributed by atoms with Gasteiger partial charge in [-0.15, -0.1) is 0 Å². The first-order chi connectivity index (χ1) is 7.97. The van der Waals surface area contributed by atoms with Crippen LogP contribution >= 0.6 is 0 Å². The molecule has 6 nitrogen and oxygen atoms in total. The molecule has 0 spiro atoms. The topological polar surface area (TPSA) is 76.3 Å². The predicted octanol–water partition coefficient (Wildman–Crippen LogP) is -1.06. The maximum absolute atomic E-state index is 11.6. The van der Waals surface area contributed by atoms with Gasteiger partial charge in [-0.05, 0) is 13.3 Å². The highest BCUT2D eigenvalue weighted by Crippen LogP contribution is 1.94. The summed E-state index contributed by atoms with van der Waals surface area (Å²) < 4.78 is 2.51. The Morgan fingerprint density at radius 3 is 2.59 bits per heavy atom. The molecule has 0 aliphatic rings. The molecule has 17 heavy (non-hydrogen) atoms. The van der Waals surface area contributed by atoms with Gasteiger partial charge < -0.3 is 10.4 Å². The molecule has 0 radical (unpaired) electrons. The summed E-state index contributed by atoms with van der Waals surface area (Å²) in [4.78, 5) is 23.1. The number of hydrogen-bond donors (Lipinski definition) is 2. The first-order valence-electron chi connectivity index (χ1n) is 5.57. The molecule has 1 heterocycles. The van der Waals surface area contributed by atoms with Gasteiger partial charge >= 0.3 is 5.69 Å². The van der Waals surface area contributed by atoms with E-state index < -0.39 is 0 Å². The van der Waals surface area contributed by atoms with Gasteiger partial charge in [0.05, 0.1) is 0 Å². The highest BCUT2D eigenvalue weighted by Gasteiger charge is 2.07. The van der Waals surface area contributed by atoms with Gasteiger partial charge in [0.2, 0.25) is 0 Å². The Labute approximate surface area is 99.5 Å². The standard InChI is InChI=1S/C11H19N3O3/c1-8(4-5-15)12-7-9-6-10(16)14(3)11(17)13(9)2/h6,8,12,15H,4-5,7H2,1-3H3. The Balaban J connectivity index is 2.86. The van der Waals surface area contributed by atoms with Gasteiger partial charge in [-0.3, -0.25) is 13.9 Å². The third-order valence-corrected chi connectivity index (χ3v) is 2.82. The van der Waals surface area contributed by atoms with Gasteiger partial charge in [0.15, 0.2) is 0 Å². The Bertz CT molecular complexity index is 490. The molecule has 1 aromatic heterocycles. The first kappa shape index (κ1) is 13.7. The number of aliphatic hydroxyl groups is 1. The zero-order valence-corrected chi connectivity index (χ0v) is 10.4. The van der Waals surface area contributed by atoms with E-state index in [1.807, 2.05) is 6.92 Å².